The van der Waals surface area contributed by atoms with Crippen LogP contribution in [0.25, 0.3) is 0 Å². The number of aromatic nitrogens is 2. The van der Waals surface area contributed by atoms with E-state index in [-0.39, 0.29) is 0 Å². The Hall–Kier alpha value is -1.12. The lowest BCUT2D eigenvalue weighted by Crippen LogP contribution is -2.30. The molecule has 0 atom stereocenters. The molecule has 2 rings (SSSR count). The maximum atomic E-state index is 4.40. The predicted molar refractivity (Wildman–Crippen MR) is 57.6 cm³/mol. The Morgan fingerprint density at radius 2 is 1.86 bits per heavy atom. The molecular formula is C11H17N3. The molecule has 1 saturated heterocycles. The van der Waals surface area contributed by atoms with Gasteiger partial charge in [-0.05, 0) is 33.1 Å². The third kappa shape index (κ3) is 1.86. The van der Waals surface area contributed by atoms with E-state index in [2.05, 4.69) is 21.8 Å². The Balaban J connectivity index is 2.22. The van der Waals surface area contributed by atoms with Crippen molar-refractivity contribution < 1.29 is 0 Å². The van der Waals surface area contributed by atoms with Gasteiger partial charge in [0.15, 0.2) is 0 Å². The molecule has 3 nitrogen and oxygen atoms in total. The van der Waals surface area contributed by atoms with Gasteiger partial charge in [-0.2, -0.15) is 0 Å². The van der Waals surface area contributed by atoms with Gasteiger partial charge in [-0.25, -0.2) is 9.97 Å². The zero-order chi connectivity index (χ0) is 9.97. The van der Waals surface area contributed by atoms with Gasteiger partial charge in [0.05, 0.1) is 17.6 Å². The first-order chi connectivity index (χ1) is 6.77. The number of hydrogen-bond acceptors (Lipinski definition) is 3. The molecule has 0 aliphatic carbocycles. The monoisotopic (exact) mass is 191 g/mol. The number of hydrogen-bond donors (Lipinski definition) is 0. The Morgan fingerprint density at radius 3 is 2.50 bits per heavy atom. The summed E-state index contributed by atoms with van der Waals surface area (Å²) in [7, 11) is 0. The Bertz CT molecular complexity index is 316. The summed E-state index contributed by atoms with van der Waals surface area (Å²) in [5, 5.41) is 0. The predicted octanol–water partition coefficient (Wildman–Crippen LogP) is 2.08. The first-order valence-corrected chi connectivity index (χ1v) is 5.32. The largest absolute Gasteiger partial charge is 0.369 e. The lowest BCUT2D eigenvalue weighted by molar-refractivity contribution is 0.575. The van der Waals surface area contributed by atoms with Crippen LogP contribution in [0.3, 0.4) is 0 Å². The molecule has 2 heterocycles. The molecule has 0 N–H and O–H groups in total. The number of rotatable bonds is 1. The smallest absolute Gasteiger partial charge is 0.125 e. The standard InChI is InChI=1S/C11H17N3/c1-9-11(8-12-10(2)13-9)14-6-4-3-5-7-14/h8H,3-7H2,1-2H3. The molecule has 76 valence electrons. The van der Waals surface area contributed by atoms with Gasteiger partial charge in [-0.1, -0.05) is 0 Å². The van der Waals surface area contributed by atoms with Crippen LogP contribution >= 0.6 is 0 Å². The van der Waals surface area contributed by atoms with E-state index in [0.29, 0.717) is 0 Å². The highest BCUT2D eigenvalue weighted by Gasteiger charge is 2.13. The second-order valence-electron chi connectivity index (χ2n) is 3.94. The van der Waals surface area contributed by atoms with Crippen molar-refractivity contribution in [3.05, 3.63) is 17.7 Å². The highest BCUT2D eigenvalue weighted by atomic mass is 15.2. The molecule has 0 bridgehead atoms. The van der Waals surface area contributed by atoms with E-state index in [1.165, 1.54) is 24.9 Å². The Labute approximate surface area is 85.2 Å². The van der Waals surface area contributed by atoms with E-state index >= 15 is 0 Å². The number of anilines is 1. The van der Waals surface area contributed by atoms with Crippen LogP contribution in [0.2, 0.25) is 0 Å². The summed E-state index contributed by atoms with van der Waals surface area (Å²) in [6, 6.07) is 0. The van der Waals surface area contributed by atoms with Gasteiger partial charge in [0, 0.05) is 13.1 Å². The minimum Gasteiger partial charge on any atom is -0.369 e. The second kappa shape index (κ2) is 3.95. The molecule has 1 aromatic heterocycles. The maximum Gasteiger partial charge on any atom is 0.125 e. The summed E-state index contributed by atoms with van der Waals surface area (Å²) in [4.78, 5) is 11.1. The average Bonchev–Trinajstić information content (AvgIpc) is 2.19. The van der Waals surface area contributed by atoms with Crippen molar-refractivity contribution in [2.75, 3.05) is 18.0 Å². The molecule has 0 amide bonds. The van der Waals surface area contributed by atoms with Crippen LogP contribution in [0.4, 0.5) is 5.69 Å². The zero-order valence-electron chi connectivity index (χ0n) is 8.95. The third-order valence-electron chi connectivity index (χ3n) is 2.77. The fraction of sp³-hybridized carbons (Fsp3) is 0.636. The first kappa shape index (κ1) is 9.44. The maximum absolute atomic E-state index is 4.40. The fourth-order valence-corrected chi connectivity index (χ4v) is 2.02. The van der Waals surface area contributed by atoms with Crippen molar-refractivity contribution >= 4 is 5.69 Å². The van der Waals surface area contributed by atoms with Crippen molar-refractivity contribution in [1.29, 1.82) is 0 Å². The van der Waals surface area contributed by atoms with E-state index in [1.807, 2.05) is 13.1 Å². The molecule has 1 fully saturated rings. The molecule has 0 spiro atoms. The molecule has 1 aliphatic rings. The van der Waals surface area contributed by atoms with E-state index in [0.717, 1.165) is 24.6 Å². The SMILES string of the molecule is Cc1ncc(N2CCCCC2)c(C)n1. The molecule has 0 unspecified atom stereocenters. The second-order valence-corrected chi connectivity index (χ2v) is 3.94. The quantitative estimate of drug-likeness (QED) is 0.680. The Kier molecular flexibility index (Phi) is 2.66. The average molecular weight is 191 g/mol. The molecular weight excluding hydrogens is 174 g/mol. The molecule has 14 heavy (non-hydrogen) atoms. The summed E-state index contributed by atoms with van der Waals surface area (Å²) < 4.78 is 0. The molecule has 0 radical (unpaired) electrons. The molecule has 0 saturated carbocycles. The molecule has 3 heteroatoms. The normalized spacial score (nSPS) is 17.1. The third-order valence-corrected chi connectivity index (χ3v) is 2.77. The minimum absolute atomic E-state index is 0.864. The lowest BCUT2D eigenvalue weighted by atomic mass is 10.1. The van der Waals surface area contributed by atoms with E-state index in [1.54, 1.807) is 0 Å². The highest BCUT2D eigenvalue weighted by Crippen LogP contribution is 2.21. The van der Waals surface area contributed by atoms with Crippen LogP contribution in [0.5, 0.6) is 0 Å². The Morgan fingerprint density at radius 1 is 1.14 bits per heavy atom. The summed E-state index contributed by atoms with van der Waals surface area (Å²) in [5.74, 6) is 0.864. The van der Waals surface area contributed by atoms with Crippen LogP contribution < -0.4 is 4.90 Å². The van der Waals surface area contributed by atoms with Gasteiger partial charge in [0.1, 0.15) is 5.82 Å². The topological polar surface area (TPSA) is 29.0 Å². The van der Waals surface area contributed by atoms with Gasteiger partial charge in [0.25, 0.3) is 0 Å². The highest BCUT2D eigenvalue weighted by molar-refractivity contribution is 5.48. The van der Waals surface area contributed by atoms with Gasteiger partial charge < -0.3 is 4.90 Å². The van der Waals surface area contributed by atoms with Gasteiger partial charge in [-0.15, -0.1) is 0 Å². The zero-order valence-corrected chi connectivity index (χ0v) is 8.95. The van der Waals surface area contributed by atoms with Crippen molar-refractivity contribution in [1.82, 2.24) is 9.97 Å². The van der Waals surface area contributed by atoms with Crippen LogP contribution in [-0.2, 0) is 0 Å². The van der Waals surface area contributed by atoms with Crippen molar-refractivity contribution in [3.8, 4) is 0 Å². The first-order valence-electron chi connectivity index (χ1n) is 5.32. The van der Waals surface area contributed by atoms with Gasteiger partial charge in [-0.3, -0.25) is 0 Å². The van der Waals surface area contributed by atoms with Gasteiger partial charge >= 0.3 is 0 Å². The van der Waals surface area contributed by atoms with Gasteiger partial charge in [0.2, 0.25) is 0 Å². The molecule has 1 aliphatic heterocycles. The van der Waals surface area contributed by atoms with Crippen LogP contribution in [0, 0.1) is 13.8 Å². The minimum atomic E-state index is 0.864. The molecule has 1 aromatic rings. The van der Waals surface area contributed by atoms with Crippen molar-refractivity contribution in [2.24, 2.45) is 0 Å². The van der Waals surface area contributed by atoms with Crippen LogP contribution in [0.15, 0.2) is 6.20 Å². The van der Waals surface area contributed by atoms with E-state index < -0.39 is 0 Å². The summed E-state index contributed by atoms with van der Waals surface area (Å²) in [6.45, 7) is 6.33. The number of nitrogens with zero attached hydrogens (tertiary/aromatic N) is 3. The lowest BCUT2D eigenvalue weighted by Gasteiger charge is -2.29. The number of piperidine rings is 1. The van der Waals surface area contributed by atoms with Crippen LogP contribution in [-0.4, -0.2) is 23.1 Å². The summed E-state index contributed by atoms with van der Waals surface area (Å²) >= 11 is 0. The summed E-state index contributed by atoms with van der Waals surface area (Å²) in [5.41, 5.74) is 2.33. The van der Waals surface area contributed by atoms with Crippen molar-refractivity contribution in [3.63, 3.8) is 0 Å². The number of aryl methyl sites for hydroxylation is 2. The van der Waals surface area contributed by atoms with Crippen molar-refractivity contribution in [2.45, 2.75) is 33.1 Å². The van der Waals surface area contributed by atoms with E-state index in [4.69, 9.17) is 0 Å². The molecule has 0 aromatic carbocycles. The summed E-state index contributed by atoms with van der Waals surface area (Å²) in [6.07, 6.45) is 5.92. The van der Waals surface area contributed by atoms with E-state index in [9.17, 15) is 0 Å². The fourth-order valence-electron chi connectivity index (χ4n) is 2.02. The van der Waals surface area contributed by atoms with Crippen LogP contribution in [0.1, 0.15) is 30.8 Å².